The Bertz CT molecular complexity index is 545. The third-order valence-corrected chi connectivity index (χ3v) is 3.70. The van der Waals surface area contributed by atoms with Crippen molar-refractivity contribution in [2.45, 2.75) is 44.2 Å². The van der Waals surface area contributed by atoms with Crippen LogP contribution in [-0.4, -0.2) is 26.7 Å². The lowest BCUT2D eigenvalue weighted by Gasteiger charge is -2.30. The summed E-state index contributed by atoms with van der Waals surface area (Å²) < 4.78 is 11.1. The second-order valence-electron chi connectivity index (χ2n) is 5.38. The highest BCUT2D eigenvalue weighted by Gasteiger charge is 2.35. The van der Waals surface area contributed by atoms with Gasteiger partial charge in [-0.05, 0) is 26.2 Å². The average molecular weight is 277 g/mol. The van der Waals surface area contributed by atoms with Crippen LogP contribution in [0.3, 0.4) is 0 Å². The van der Waals surface area contributed by atoms with Gasteiger partial charge in [0.05, 0.1) is 12.4 Å². The number of imidazole rings is 1. The first kappa shape index (κ1) is 13.3. The average Bonchev–Trinajstić information content (AvgIpc) is 3.10. The number of H-pyrrole nitrogens is 1. The molecule has 3 heterocycles. The Morgan fingerprint density at radius 1 is 1.50 bits per heavy atom. The molecular formula is C13H19N5O2. The molecule has 0 saturated carbocycles. The summed E-state index contributed by atoms with van der Waals surface area (Å²) in [5.41, 5.74) is 6.58. The largest absolute Gasteiger partial charge is 0.367 e. The number of ether oxygens (including phenoxy) is 1. The Kier molecular flexibility index (Phi) is 3.54. The highest BCUT2D eigenvalue weighted by Crippen LogP contribution is 2.33. The van der Waals surface area contributed by atoms with Crippen molar-refractivity contribution in [2.24, 2.45) is 5.73 Å². The summed E-state index contributed by atoms with van der Waals surface area (Å²) in [6, 6.07) is -0.344. The maximum atomic E-state index is 6.09. The first-order valence-corrected chi connectivity index (χ1v) is 6.88. The zero-order valence-electron chi connectivity index (χ0n) is 11.5. The first-order chi connectivity index (χ1) is 9.67. The summed E-state index contributed by atoms with van der Waals surface area (Å²) in [4.78, 5) is 11.4. The van der Waals surface area contributed by atoms with Crippen LogP contribution in [0.4, 0.5) is 0 Å². The van der Waals surface area contributed by atoms with Crippen molar-refractivity contribution in [3.63, 3.8) is 0 Å². The fraction of sp³-hybridized carbons (Fsp3) is 0.615. The maximum Gasteiger partial charge on any atom is 0.244 e. The van der Waals surface area contributed by atoms with Gasteiger partial charge in [-0.15, -0.1) is 0 Å². The quantitative estimate of drug-likeness (QED) is 0.876. The monoisotopic (exact) mass is 277 g/mol. The van der Waals surface area contributed by atoms with Crippen molar-refractivity contribution in [1.82, 2.24) is 20.1 Å². The van der Waals surface area contributed by atoms with Crippen LogP contribution in [0.2, 0.25) is 0 Å². The van der Waals surface area contributed by atoms with Crippen LogP contribution in [0.1, 0.15) is 49.6 Å². The van der Waals surface area contributed by atoms with Gasteiger partial charge in [-0.1, -0.05) is 5.16 Å². The molecule has 0 aromatic carbocycles. The van der Waals surface area contributed by atoms with Crippen molar-refractivity contribution in [3.8, 4) is 0 Å². The molecule has 2 aromatic heterocycles. The van der Waals surface area contributed by atoms with Gasteiger partial charge < -0.3 is 20.0 Å². The van der Waals surface area contributed by atoms with Crippen LogP contribution in [0.25, 0.3) is 0 Å². The lowest BCUT2D eigenvalue weighted by molar-refractivity contribution is -0.0770. The molecule has 0 bridgehead atoms. The van der Waals surface area contributed by atoms with Gasteiger partial charge in [0.25, 0.3) is 0 Å². The molecule has 108 valence electrons. The number of nitrogens with two attached hydrogens (primary N) is 1. The van der Waals surface area contributed by atoms with E-state index in [1.807, 2.05) is 6.92 Å². The zero-order chi connectivity index (χ0) is 14.0. The van der Waals surface area contributed by atoms with Crippen LogP contribution in [0, 0.1) is 0 Å². The minimum atomic E-state index is -0.451. The van der Waals surface area contributed by atoms with E-state index in [4.69, 9.17) is 15.0 Å². The third-order valence-electron chi connectivity index (χ3n) is 3.70. The zero-order valence-corrected chi connectivity index (χ0v) is 11.5. The molecule has 2 aromatic rings. The summed E-state index contributed by atoms with van der Waals surface area (Å²) in [6.07, 6.45) is 7.04. The molecule has 0 amide bonds. The summed E-state index contributed by atoms with van der Waals surface area (Å²) in [6.45, 7) is 2.74. The first-order valence-electron chi connectivity index (χ1n) is 6.88. The van der Waals surface area contributed by atoms with Gasteiger partial charge in [-0.25, -0.2) is 4.98 Å². The molecule has 7 heteroatoms. The predicted molar refractivity (Wildman–Crippen MR) is 70.7 cm³/mol. The number of aromatic nitrogens is 4. The molecule has 1 aliphatic heterocycles. The molecule has 0 spiro atoms. The second-order valence-corrected chi connectivity index (χ2v) is 5.38. The van der Waals surface area contributed by atoms with E-state index in [2.05, 4.69) is 20.1 Å². The Labute approximate surface area is 116 Å². The fourth-order valence-electron chi connectivity index (χ4n) is 2.43. The van der Waals surface area contributed by atoms with E-state index in [9.17, 15) is 0 Å². The Balaban J connectivity index is 1.72. The van der Waals surface area contributed by atoms with Crippen LogP contribution < -0.4 is 5.73 Å². The highest BCUT2D eigenvalue weighted by atomic mass is 16.5. The molecule has 20 heavy (non-hydrogen) atoms. The van der Waals surface area contributed by atoms with Crippen LogP contribution in [0.5, 0.6) is 0 Å². The van der Waals surface area contributed by atoms with E-state index < -0.39 is 5.60 Å². The standard InChI is InChI=1S/C13H19N5O2/c1-13(4-2-3-5-19-13)12-17-11(20-18-12)10(14)6-9-7-15-8-16-9/h7-8,10H,2-6,14H2,1H3,(H,15,16)/t10-,13?/m0/s1. The number of nitrogens with zero attached hydrogens (tertiary/aromatic N) is 3. The maximum absolute atomic E-state index is 6.09. The summed E-state index contributed by atoms with van der Waals surface area (Å²) in [5.74, 6) is 1.03. The van der Waals surface area contributed by atoms with Crippen molar-refractivity contribution < 1.29 is 9.26 Å². The van der Waals surface area contributed by atoms with E-state index in [0.717, 1.165) is 31.6 Å². The molecule has 1 saturated heterocycles. The Morgan fingerprint density at radius 2 is 2.40 bits per heavy atom. The minimum absolute atomic E-state index is 0.344. The Hall–Kier alpha value is -1.73. The van der Waals surface area contributed by atoms with E-state index in [1.165, 1.54) is 0 Å². The van der Waals surface area contributed by atoms with Gasteiger partial charge in [-0.2, -0.15) is 4.98 Å². The van der Waals surface area contributed by atoms with Crippen molar-refractivity contribution >= 4 is 0 Å². The van der Waals surface area contributed by atoms with Crippen LogP contribution in [0.15, 0.2) is 17.0 Å². The molecule has 3 N–H and O–H groups in total. The molecule has 1 unspecified atom stereocenters. The minimum Gasteiger partial charge on any atom is -0.367 e. The molecule has 1 fully saturated rings. The summed E-state index contributed by atoms with van der Waals surface area (Å²) in [5, 5.41) is 4.05. The fourth-order valence-corrected chi connectivity index (χ4v) is 2.43. The SMILES string of the molecule is CC1(c2noc([C@@H](N)Cc3cnc[nH]3)n2)CCCCO1. The number of hydrogen-bond donors (Lipinski definition) is 2. The van der Waals surface area contributed by atoms with Gasteiger partial charge in [-0.3, -0.25) is 0 Å². The van der Waals surface area contributed by atoms with Crippen molar-refractivity contribution in [1.29, 1.82) is 0 Å². The molecule has 2 atom stereocenters. The molecule has 1 aliphatic rings. The molecule has 0 aliphatic carbocycles. The lowest BCUT2D eigenvalue weighted by atomic mass is 9.95. The molecule has 3 rings (SSSR count). The van der Waals surface area contributed by atoms with Crippen molar-refractivity contribution in [3.05, 3.63) is 29.9 Å². The van der Waals surface area contributed by atoms with Gasteiger partial charge in [0, 0.05) is 24.9 Å². The normalized spacial score (nSPS) is 24.7. The summed E-state index contributed by atoms with van der Waals surface area (Å²) >= 11 is 0. The topological polar surface area (TPSA) is 103 Å². The third kappa shape index (κ3) is 2.59. The van der Waals surface area contributed by atoms with Crippen LogP contribution in [-0.2, 0) is 16.8 Å². The molecular weight excluding hydrogens is 258 g/mol. The van der Waals surface area contributed by atoms with Crippen LogP contribution >= 0.6 is 0 Å². The van der Waals surface area contributed by atoms with E-state index >= 15 is 0 Å². The number of aromatic amines is 1. The van der Waals surface area contributed by atoms with Gasteiger partial charge in [0.15, 0.2) is 0 Å². The highest BCUT2D eigenvalue weighted by molar-refractivity contribution is 5.05. The second kappa shape index (κ2) is 5.34. The van der Waals surface area contributed by atoms with Gasteiger partial charge in [0.2, 0.25) is 11.7 Å². The van der Waals surface area contributed by atoms with Gasteiger partial charge >= 0.3 is 0 Å². The molecule has 0 radical (unpaired) electrons. The number of rotatable bonds is 4. The van der Waals surface area contributed by atoms with E-state index in [1.54, 1.807) is 12.5 Å². The Morgan fingerprint density at radius 3 is 3.10 bits per heavy atom. The molecule has 7 nitrogen and oxygen atoms in total. The van der Waals surface area contributed by atoms with E-state index in [0.29, 0.717) is 18.1 Å². The van der Waals surface area contributed by atoms with Gasteiger partial charge in [0.1, 0.15) is 5.60 Å². The van der Waals surface area contributed by atoms with Crippen molar-refractivity contribution in [2.75, 3.05) is 6.61 Å². The van der Waals surface area contributed by atoms with E-state index in [-0.39, 0.29) is 6.04 Å². The predicted octanol–water partition coefficient (Wildman–Crippen LogP) is 1.45. The lowest BCUT2D eigenvalue weighted by Crippen LogP contribution is -2.31. The summed E-state index contributed by atoms with van der Waals surface area (Å²) in [7, 11) is 0. The number of nitrogens with one attached hydrogen (secondary N) is 1. The number of hydrogen-bond acceptors (Lipinski definition) is 6. The smallest absolute Gasteiger partial charge is 0.244 e.